The van der Waals surface area contributed by atoms with Gasteiger partial charge in [0.05, 0.1) is 0 Å². The summed E-state index contributed by atoms with van der Waals surface area (Å²) in [5, 5.41) is 3.37. The van der Waals surface area contributed by atoms with Crippen LogP contribution in [0.4, 0.5) is 4.39 Å². The molecule has 0 spiro atoms. The summed E-state index contributed by atoms with van der Waals surface area (Å²) in [6, 6.07) is 12.9. The van der Waals surface area contributed by atoms with E-state index in [0.29, 0.717) is 11.6 Å². The van der Waals surface area contributed by atoms with Crippen LogP contribution in [0.1, 0.15) is 25.0 Å². The fourth-order valence-electron chi connectivity index (χ4n) is 1.87. The van der Waals surface area contributed by atoms with Crippen LogP contribution in [0.5, 0.6) is 5.75 Å². The Kier molecular flexibility index (Phi) is 5.76. The second-order valence-electron chi connectivity index (χ2n) is 5.17. The normalized spacial score (nSPS) is 10.9. The van der Waals surface area contributed by atoms with E-state index in [1.54, 1.807) is 18.2 Å². The fourth-order valence-corrected chi connectivity index (χ4v) is 2.25. The van der Waals surface area contributed by atoms with Crippen molar-refractivity contribution < 1.29 is 9.13 Å². The molecular formula is C17H19BrFNO. The number of hydrogen-bond acceptors (Lipinski definition) is 2. The molecule has 2 rings (SSSR count). The molecule has 0 unspecified atom stereocenters. The molecule has 0 radical (unpaired) electrons. The third-order valence-corrected chi connectivity index (χ3v) is 3.84. The van der Waals surface area contributed by atoms with Gasteiger partial charge in [0.25, 0.3) is 0 Å². The average Bonchev–Trinajstić information content (AvgIpc) is 2.46. The first-order valence-corrected chi connectivity index (χ1v) is 7.73. The molecule has 0 atom stereocenters. The van der Waals surface area contributed by atoms with Crippen LogP contribution in [0.2, 0.25) is 0 Å². The number of ether oxygens (including phenoxy) is 1. The number of benzene rings is 2. The molecule has 0 amide bonds. The number of halogens is 2. The molecule has 21 heavy (non-hydrogen) atoms. The second-order valence-corrected chi connectivity index (χ2v) is 6.02. The van der Waals surface area contributed by atoms with Gasteiger partial charge >= 0.3 is 0 Å². The predicted molar refractivity (Wildman–Crippen MR) is 86.8 cm³/mol. The summed E-state index contributed by atoms with van der Waals surface area (Å²) in [6.45, 7) is 5.19. The summed E-state index contributed by atoms with van der Waals surface area (Å²) in [7, 11) is 0. The van der Waals surface area contributed by atoms with E-state index in [-0.39, 0.29) is 12.4 Å². The van der Waals surface area contributed by atoms with E-state index in [2.05, 4.69) is 35.1 Å². The molecule has 2 aromatic carbocycles. The first-order valence-electron chi connectivity index (χ1n) is 6.94. The van der Waals surface area contributed by atoms with Crippen molar-refractivity contribution in [2.24, 2.45) is 0 Å². The molecule has 0 heterocycles. The van der Waals surface area contributed by atoms with E-state index in [1.165, 1.54) is 6.07 Å². The van der Waals surface area contributed by atoms with Gasteiger partial charge in [0.15, 0.2) is 0 Å². The SMILES string of the molecule is CC(C)NCc1cc(OCc2ccccc2F)ccc1Br. The third kappa shape index (κ3) is 4.83. The minimum absolute atomic E-state index is 0.228. The van der Waals surface area contributed by atoms with Gasteiger partial charge in [-0.2, -0.15) is 0 Å². The molecule has 4 heteroatoms. The van der Waals surface area contributed by atoms with Gasteiger partial charge in [-0.1, -0.05) is 48.0 Å². The van der Waals surface area contributed by atoms with Gasteiger partial charge in [0.2, 0.25) is 0 Å². The van der Waals surface area contributed by atoms with E-state index in [0.717, 1.165) is 22.3 Å². The van der Waals surface area contributed by atoms with Crippen LogP contribution in [0, 0.1) is 5.82 Å². The van der Waals surface area contributed by atoms with Crippen molar-refractivity contribution in [3.05, 3.63) is 63.9 Å². The molecule has 0 aromatic heterocycles. The summed E-state index contributed by atoms with van der Waals surface area (Å²) >= 11 is 3.53. The Bertz CT molecular complexity index is 601. The summed E-state index contributed by atoms with van der Waals surface area (Å²) in [5.74, 6) is 0.498. The van der Waals surface area contributed by atoms with Gasteiger partial charge < -0.3 is 10.1 Å². The lowest BCUT2D eigenvalue weighted by molar-refractivity contribution is 0.299. The quantitative estimate of drug-likeness (QED) is 0.816. The number of rotatable bonds is 6. The second kappa shape index (κ2) is 7.57. The first kappa shape index (κ1) is 16.0. The maximum Gasteiger partial charge on any atom is 0.129 e. The average molecular weight is 352 g/mol. The maximum atomic E-state index is 13.5. The zero-order valence-electron chi connectivity index (χ0n) is 12.2. The van der Waals surface area contributed by atoms with Gasteiger partial charge in [0.1, 0.15) is 18.2 Å². The van der Waals surface area contributed by atoms with E-state index in [4.69, 9.17) is 4.74 Å². The van der Waals surface area contributed by atoms with Crippen LogP contribution >= 0.6 is 15.9 Å². The molecule has 0 aliphatic heterocycles. The lowest BCUT2D eigenvalue weighted by Gasteiger charge is -2.12. The van der Waals surface area contributed by atoms with Gasteiger partial charge in [-0.3, -0.25) is 0 Å². The van der Waals surface area contributed by atoms with Crippen LogP contribution in [-0.2, 0) is 13.2 Å². The molecule has 0 aliphatic rings. The van der Waals surface area contributed by atoms with Gasteiger partial charge in [-0.05, 0) is 29.8 Å². The Labute approximate surface area is 133 Å². The van der Waals surface area contributed by atoms with Crippen molar-refractivity contribution >= 4 is 15.9 Å². The zero-order valence-corrected chi connectivity index (χ0v) is 13.8. The van der Waals surface area contributed by atoms with Crippen LogP contribution in [0.15, 0.2) is 46.9 Å². The summed E-state index contributed by atoms with van der Waals surface area (Å²) in [4.78, 5) is 0. The molecule has 0 saturated carbocycles. The number of hydrogen-bond donors (Lipinski definition) is 1. The minimum atomic E-state index is -0.240. The standard InChI is InChI=1S/C17H19BrFNO/c1-12(2)20-10-14-9-15(7-8-16(14)18)21-11-13-5-3-4-6-17(13)19/h3-9,12,20H,10-11H2,1-2H3. The third-order valence-electron chi connectivity index (χ3n) is 3.07. The van der Waals surface area contributed by atoms with Crippen molar-refractivity contribution in [3.63, 3.8) is 0 Å². The first-order chi connectivity index (χ1) is 10.1. The predicted octanol–water partition coefficient (Wildman–Crippen LogP) is 4.67. The highest BCUT2D eigenvalue weighted by atomic mass is 79.9. The molecule has 2 nitrogen and oxygen atoms in total. The highest BCUT2D eigenvalue weighted by Crippen LogP contribution is 2.23. The summed E-state index contributed by atoms with van der Waals surface area (Å²) < 4.78 is 20.3. The van der Waals surface area contributed by atoms with E-state index < -0.39 is 0 Å². The lowest BCUT2D eigenvalue weighted by atomic mass is 10.2. The maximum absolute atomic E-state index is 13.5. The van der Waals surface area contributed by atoms with Crippen molar-refractivity contribution in [3.8, 4) is 5.75 Å². The van der Waals surface area contributed by atoms with Crippen LogP contribution < -0.4 is 10.1 Å². The van der Waals surface area contributed by atoms with E-state index in [1.807, 2.05) is 18.2 Å². The van der Waals surface area contributed by atoms with Gasteiger partial charge in [-0.25, -0.2) is 4.39 Å². The molecule has 0 saturated heterocycles. The van der Waals surface area contributed by atoms with Crippen molar-refractivity contribution in [2.45, 2.75) is 33.0 Å². The van der Waals surface area contributed by atoms with E-state index >= 15 is 0 Å². The highest BCUT2D eigenvalue weighted by molar-refractivity contribution is 9.10. The molecule has 2 aromatic rings. The van der Waals surface area contributed by atoms with Crippen LogP contribution in [-0.4, -0.2) is 6.04 Å². The molecule has 0 aliphatic carbocycles. The van der Waals surface area contributed by atoms with Crippen LogP contribution in [0.3, 0.4) is 0 Å². The highest BCUT2D eigenvalue weighted by Gasteiger charge is 2.05. The Morgan fingerprint density at radius 3 is 2.62 bits per heavy atom. The molecular weight excluding hydrogens is 333 g/mol. The Hall–Kier alpha value is -1.39. The molecule has 0 bridgehead atoms. The summed E-state index contributed by atoms with van der Waals surface area (Å²) in [5.41, 5.74) is 1.68. The van der Waals surface area contributed by atoms with Crippen molar-refractivity contribution in [1.29, 1.82) is 0 Å². The number of nitrogens with one attached hydrogen (secondary N) is 1. The Morgan fingerprint density at radius 1 is 1.14 bits per heavy atom. The van der Waals surface area contributed by atoms with Crippen molar-refractivity contribution in [2.75, 3.05) is 0 Å². The fraction of sp³-hybridized carbons (Fsp3) is 0.294. The molecule has 112 valence electrons. The topological polar surface area (TPSA) is 21.3 Å². The van der Waals surface area contributed by atoms with E-state index in [9.17, 15) is 4.39 Å². The smallest absolute Gasteiger partial charge is 0.129 e. The Balaban J connectivity index is 2.03. The zero-order chi connectivity index (χ0) is 15.2. The monoisotopic (exact) mass is 351 g/mol. The molecule has 1 N–H and O–H groups in total. The van der Waals surface area contributed by atoms with Gasteiger partial charge in [-0.15, -0.1) is 0 Å². The van der Waals surface area contributed by atoms with Gasteiger partial charge in [0, 0.05) is 22.6 Å². The molecule has 0 fully saturated rings. The Morgan fingerprint density at radius 2 is 1.90 bits per heavy atom. The largest absolute Gasteiger partial charge is 0.489 e. The summed E-state index contributed by atoms with van der Waals surface area (Å²) in [6.07, 6.45) is 0. The van der Waals surface area contributed by atoms with Crippen LogP contribution in [0.25, 0.3) is 0 Å². The lowest BCUT2D eigenvalue weighted by Crippen LogP contribution is -2.22. The van der Waals surface area contributed by atoms with Crippen molar-refractivity contribution in [1.82, 2.24) is 5.32 Å². The minimum Gasteiger partial charge on any atom is -0.489 e.